The van der Waals surface area contributed by atoms with Crippen LogP contribution in [0.4, 0.5) is 0 Å². The number of rotatable bonds is 9. The summed E-state index contributed by atoms with van der Waals surface area (Å²) in [4.78, 5) is 24.0. The van der Waals surface area contributed by atoms with Gasteiger partial charge in [-0.15, -0.1) is 0 Å². The maximum Gasteiger partial charge on any atom is 0.329 e. The lowest BCUT2D eigenvalue weighted by atomic mass is 10.2. The van der Waals surface area contributed by atoms with Crippen LogP contribution in [0.5, 0.6) is 11.5 Å². The number of carbonyl (C=O) groups excluding carboxylic acids is 2. The third-order valence-electron chi connectivity index (χ3n) is 4.64. The van der Waals surface area contributed by atoms with E-state index in [9.17, 15) is 9.59 Å². The van der Waals surface area contributed by atoms with Gasteiger partial charge in [0.25, 0.3) is 0 Å². The van der Waals surface area contributed by atoms with Crippen molar-refractivity contribution in [3.8, 4) is 11.5 Å². The Labute approximate surface area is 221 Å². The summed E-state index contributed by atoms with van der Waals surface area (Å²) >= 11 is 15.9. The lowest BCUT2D eigenvalue weighted by Crippen LogP contribution is -2.37. The van der Waals surface area contributed by atoms with Crippen molar-refractivity contribution < 1.29 is 19.1 Å². The summed E-state index contributed by atoms with van der Waals surface area (Å²) in [5.74, 6) is -0.746. The first kappa shape index (κ1) is 26.5. The van der Waals surface area contributed by atoms with E-state index in [2.05, 4.69) is 31.8 Å². The molecule has 182 valence electrons. The predicted octanol–water partition coefficient (Wildman–Crippen LogP) is 5.50. The summed E-state index contributed by atoms with van der Waals surface area (Å²) in [7, 11) is 0. The average molecular weight is 579 g/mol. The monoisotopic (exact) mass is 577 g/mol. The molecule has 3 aromatic carbocycles. The normalized spacial score (nSPS) is 10.7. The predicted molar refractivity (Wildman–Crippen MR) is 140 cm³/mol. The maximum absolute atomic E-state index is 12.0. The number of benzene rings is 3. The van der Waals surface area contributed by atoms with Gasteiger partial charge in [-0.25, -0.2) is 5.43 Å². The zero-order valence-corrected chi connectivity index (χ0v) is 21.8. The molecular weight excluding hydrogens is 557 g/mol. The van der Waals surface area contributed by atoms with Gasteiger partial charge in [0.2, 0.25) is 0 Å². The van der Waals surface area contributed by atoms with Gasteiger partial charge in [-0.05, 0) is 58.2 Å². The van der Waals surface area contributed by atoms with Crippen LogP contribution in [0.25, 0.3) is 0 Å². The Kier molecular flexibility index (Phi) is 9.96. The number of ether oxygens (including phenoxy) is 2. The van der Waals surface area contributed by atoms with E-state index >= 15 is 0 Å². The van der Waals surface area contributed by atoms with Crippen LogP contribution in [-0.2, 0) is 22.7 Å². The number of hydrogen-bond donors (Lipinski definition) is 2. The first-order valence-electron chi connectivity index (χ1n) is 10.6. The molecular formula is C25H22BrCl2N3O4. The summed E-state index contributed by atoms with van der Waals surface area (Å²) in [6.07, 6.45) is 1.39. The highest BCUT2D eigenvalue weighted by atomic mass is 79.9. The summed E-state index contributed by atoms with van der Waals surface area (Å²) in [6, 6.07) is 17.9. The standard InChI is InChI=1S/C25H22BrCl2N3O4/c1-2-34-22-12-17(11-19(26)23(22)35-15-18-20(27)9-6-10-21(18)28)14-30-31-25(33)24(32)29-13-16-7-4-3-5-8-16/h3-12,14H,2,13,15H2,1H3,(H,29,32)(H,31,33)/b30-14+. The van der Waals surface area contributed by atoms with Crippen molar-refractivity contribution in [3.05, 3.63) is 91.9 Å². The van der Waals surface area contributed by atoms with Gasteiger partial charge in [-0.3, -0.25) is 9.59 Å². The SMILES string of the molecule is CCOc1cc(/C=N/NC(=O)C(=O)NCc2ccccc2)cc(Br)c1OCc1c(Cl)cccc1Cl. The van der Waals surface area contributed by atoms with Crippen molar-refractivity contribution in [1.82, 2.24) is 10.7 Å². The second kappa shape index (κ2) is 13.1. The Balaban J connectivity index is 1.64. The fourth-order valence-corrected chi connectivity index (χ4v) is 4.04. The molecule has 0 fully saturated rings. The third-order valence-corrected chi connectivity index (χ3v) is 5.93. The maximum atomic E-state index is 12.0. The van der Waals surface area contributed by atoms with Crippen molar-refractivity contribution >= 4 is 57.2 Å². The Morgan fingerprint density at radius 3 is 2.40 bits per heavy atom. The van der Waals surface area contributed by atoms with Crippen molar-refractivity contribution in [2.45, 2.75) is 20.1 Å². The summed E-state index contributed by atoms with van der Waals surface area (Å²) in [5.41, 5.74) is 4.35. The quantitative estimate of drug-likeness (QED) is 0.199. The highest BCUT2D eigenvalue weighted by Gasteiger charge is 2.15. The minimum atomic E-state index is -0.877. The largest absolute Gasteiger partial charge is 0.490 e. The van der Waals surface area contributed by atoms with E-state index in [0.29, 0.717) is 43.8 Å². The fourth-order valence-electron chi connectivity index (χ4n) is 2.95. The first-order chi connectivity index (χ1) is 16.9. The van der Waals surface area contributed by atoms with E-state index in [1.165, 1.54) is 6.21 Å². The minimum Gasteiger partial charge on any atom is -0.490 e. The van der Waals surface area contributed by atoms with E-state index in [1.54, 1.807) is 30.3 Å². The highest BCUT2D eigenvalue weighted by molar-refractivity contribution is 9.10. The molecule has 0 aliphatic heterocycles. The molecule has 0 aromatic heterocycles. The smallest absolute Gasteiger partial charge is 0.329 e. The van der Waals surface area contributed by atoms with E-state index in [1.807, 2.05) is 37.3 Å². The van der Waals surface area contributed by atoms with Crippen LogP contribution in [0, 0.1) is 0 Å². The number of nitrogens with one attached hydrogen (secondary N) is 2. The summed E-state index contributed by atoms with van der Waals surface area (Å²) < 4.78 is 12.3. The second-order valence-electron chi connectivity index (χ2n) is 7.12. The number of halogens is 3. The Hall–Kier alpha value is -3.07. The van der Waals surface area contributed by atoms with Crippen molar-refractivity contribution in [3.63, 3.8) is 0 Å². The number of amides is 2. The molecule has 0 bridgehead atoms. The van der Waals surface area contributed by atoms with E-state index < -0.39 is 11.8 Å². The molecule has 0 saturated carbocycles. The lowest BCUT2D eigenvalue weighted by molar-refractivity contribution is -0.139. The van der Waals surface area contributed by atoms with Crippen molar-refractivity contribution in [2.24, 2.45) is 5.10 Å². The molecule has 0 aliphatic carbocycles. The molecule has 0 aliphatic rings. The molecule has 0 spiro atoms. The molecule has 0 atom stereocenters. The average Bonchev–Trinajstić information content (AvgIpc) is 2.84. The molecule has 3 rings (SSSR count). The number of nitrogens with zero attached hydrogens (tertiary/aromatic N) is 1. The highest BCUT2D eigenvalue weighted by Crippen LogP contribution is 2.38. The Bertz CT molecular complexity index is 1200. The van der Waals surface area contributed by atoms with Gasteiger partial charge in [0.15, 0.2) is 11.5 Å². The molecule has 35 heavy (non-hydrogen) atoms. The van der Waals surface area contributed by atoms with Gasteiger partial charge in [-0.1, -0.05) is 59.6 Å². The summed E-state index contributed by atoms with van der Waals surface area (Å²) in [5, 5.41) is 7.40. The minimum absolute atomic E-state index is 0.138. The molecule has 7 nitrogen and oxygen atoms in total. The van der Waals surface area contributed by atoms with Crippen LogP contribution in [0.1, 0.15) is 23.6 Å². The topological polar surface area (TPSA) is 89.0 Å². The molecule has 2 amide bonds. The van der Waals surface area contributed by atoms with Crippen LogP contribution < -0.4 is 20.2 Å². The van der Waals surface area contributed by atoms with Crippen LogP contribution >= 0.6 is 39.1 Å². The van der Waals surface area contributed by atoms with E-state index in [4.69, 9.17) is 32.7 Å². The number of hydrazone groups is 1. The second-order valence-corrected chi connectivity index (χ2v) is 8.79. The van der Waals surface area contributed by atoms with Crippen molar-refractivity contribution in [1.29, 1.82) is 0 Å². The number of carbonyl (C=O) groups is 2. The number of hydrogen-bond acceptors (Lipinski definition) is 5. The van der Waals surface area contributed by atoms with Gasteiger partial charge >= 0.3 is 11.8 Å². The lowest BCUT2D eigenvalue weighted by Gasteiger charge is -2.15. The Morgan fingerprint density at radius 1 is 1.00 bits per heavy atom. The Morgan fingerprint density at radius 2 is 1.71 bits per heavy atom. The molecule has 0 unspecified atom stereocenters. The zero-order chi connectivity index (χ0) is 25.2. The van der Waals surface area contributed by atoms with Gasteiger partial charge in [-0.2, -0.15) is 5.10 Å². The molecule has 3 aromatic rings. The van der Waals surface area contributed by atoms with Crippen LogP contribution in [0.15, 0.2) is 70.2 Å². The third kappa shape index (κ3) is 7.71. The van der Waals surface area contributed by atoms with Crippen LogP contribution in [0.2, 0.25) is 10.0 Å². The zero-order valence-electron chi connectivity index (χ0n) is 18.7. The van der Waals surface area contributed by atoms with Crippen LogP contribution in [-0.4, -0.2) is 24.6 Å². The van der Waals surface area contributed by atoms with Crippen LogP contribution in [0.3, 0.4) is 0 Å². The van der Waals surface area contributed by atoms with Gasteiger partial charge in [0.1, 0.15) is 6.61 Å². The molecule has 0 heterocycles. The summed E-state index contributed by atoms with van der Waals surface area (Å²) in [6.45, 7) is 2.62. The first-order valence-corrected chi connectivity index (χ1v) is 12.1. The van der Waals surface area contributed by atoms with Gasteiger partial charge in [0.05, 0.1) is 17.3 Å². The molecule has 10 heteroatoms. The molecule has 2 N–H and O–H groups in total. The van der Waals surface area contributed by atoms with Crippen molar-refractivity contribution in [2.75, 3.05) is 6.61 Å². The van der Waals surface area contributed by atoms with E-state index in [-0.39, 0.29) is 13.2 Å². The van der Waals surface area contributed by atoms with Gasteiger partial charge in [0, 0.05) is 22.2 Å². The van der Waals surface area contributed by atoms with E-state index in [0.717, 1.165) is 5.56 Å². The molecule has 0 radical (unpaired) electrons. The fraction of sp³-hybridized carbons (Fsp3) is 0.160. The molecule has 0 saturated heterocycles. The van der Waals surface area contributed by atoms with Gasteiger partial charge < -0.3 is 14.8 Å².